The molecule has 0 spiro atoms. The highest BCUT2D eigenvalue weighted by atomic mass is 32.1. The van der Waals surface area contributed by atoms with Gasteiger partial charge in [-0.15, -0.1) is 11.3 Å². The number of carbonyl (C=O) groups is 2. The van der Waals surface area contributed by atoms with Crippen LogP contribution in [0.4, 0.5) is 0 Å². The largest absolute Gasteiger partial charge is 0.467 e. The predicted octanol–water partition coefficient (Wildman–Crippen LogP) is 3.28. The molecular formula is C19H19N3O3S2. The van der Waals surface area contributed by atoms with E-state index in [2.05, 4.69) is 10.6 Å². The van der Waals surface area contributed by atoms with Crippen molar-refractivity contribution in [1.82, 2.24) is 15.2 Å². The summed E-state index contributed by atoms with van der Waals surface area (Å²) in [4.78, 5) is 24.1. The summed E-state index contributed by atoms with van der Waals surface area (Å²) in [5.41, 5.74) is 3.05. The monoisotopic (exact) mass is 401 g/mol. The van der Waals surface area contributed by atoms with Gasteiger partial charge in [0.05, 0.1) is 25.0 Å². The molecule has 0 bridgehead atoms. The normalized spacial score (nSPS) is 10.6. The first-order valence-corrected chi connectivity index (χ1v) is 9.63. The van der Waals surface area contributed by atoms with Crippen LogP contribution in [-0.2, 0) is 22.7 Å². The fraction of sp³-hybridized carbons (Fsp3) is 0.211. The van der Waals surface area contributed by atoms with Gasteiger partial charge in [-0.25, -0.2) is 0 Å². The summed E-state index contributed by atoms with van der Waals surface area (Å²) in [6.07, 6.45) is 1.54. The molecule has 0 aliphatic carbocycles. The second-order valence-electron chi connectivity index (χ2n) is 5.97. The lowest BCUT2D eigenvalue weighted by Gasteiger charge is -2.10. The molecule has 0 aliphatic rings. The Morgan fingerprint density at radius 2 is 1.93 bits per heavy atom. The molecule has 27 heavy (non-hydrogen) atoms. The number of nitrogens with zero attached hydrogens (tertiary/aromatic N) is 1. The van der Waals surface area contributed by atoms with Crippen LogP contribution in [0.15, 0.2) is 52.5 Å². The number of thiazole rings is 1. The average Bonchev–Trinajstić information content (AvgIpc) is 3.30. The van der Waals surface area contributed by atoms with E-state index in [4.69, 9.17) is 16.6 Å². The molecule has 0 radical (unpaired) electrons. The van der Waals surface area contributed by atoms with Gasteiger partial charge in [0.2, 0.25) is 11.8 Å². The summed E-state index contributed by atoms with van der Waals surface area (Å²) < 4.78 is 7.53. The molecule has 6 nitrogen and oxygen atoms in total. The quantitative estimate of drug-likeness (QED) is 0.596. The van der Waals surface area contributed by atoms with Gasteiger partial charge in [0.1, 0.15) is 12.3 Å². The highest BCUT2D eigenvalue weighted by Crippen LogP contribution is 2.24. The zero-order chi connectivity index (χ0) is 19.2. The molecule has 0 saturated carbocycles. The number of aromatic nitrogens is 1. The molecule has 0 fully saturated rings. The summed E-state index contributed by atoms with van der Waals surface area (Å²) in [6.45, 7) is 2.27. The molecule has 3 aromatic rings. The van der Waals surface area contributed by atoms with Crippen LogP contribution in [0.25, 0.3) is 11.3 Å². The lowest BCUT2D eigenvalue weighted by Crippen LogP contribution is -2.38. The predicted molar refractivity (Wildman–Crippen MR) is 107 cm³/mol. The second-order valence-corrected chi connectivity index (χ2v) is 7.48. The van der Waals surface area contributed by atoms with Crippen molar-refractivity contribution in [2.24, 2.45) is 0 Å². The minimum atomic E-state index is -0.285. The van der Waals surface area contributed by atoms with Crippen molar-refractivity contribution in [3.05, 3.63) is 63.3 Å². The molecule has 8 heteroatoms. The van der Waals surface area contributed by atoms with Gasteiger partial charge < -0.3 is 19.6 Å². The minimum absolute atomic E-state index is 0.0665. The van der Waals surface area contributed by atoms with Gasteiger partial charge in [-0.05, 0) is 36.8 Å². The van der Waals surface area contributed by atoms with E-state index in [-0.39, 0.29) is 31.4 Å². The molecule has 0 aliphatic heterocycles. The van der Waals surface area contributed by atoms with E-state index in [9.17, 15) is 9.59 Å². The Labute approximate surface area is 165 Å². The third kappa shape index (κ3) is 5.15. The maximum atomic E-state index is 12.3. The Morgan fingerprint density at radius 1 is 1.15 bits per heavy atom. The maximum Gasteiger partial charge on any atom is 0.240 e. The lowest BCUT2D eigenvalue weighted by atomic mass is 10.1. The SMILES string of the molecule is Cc1ccc(-c2csc(=S)n2CC(=O)NCC(=O)NCc2ccco2)cc1. The van der Waals surface area contributed by atoms with Crippen molar-refractivity contribution >= 4 is 35.4 Å². The zero-order valence-corrected chi connectivity index (χ0v) is 16.4. The third-order valence-electron chi connectivity index (χ3n) is 3.92. The minimum Gasteiger partial charge on any atom is -0.467 e. The van der Waals surface area contributed by atoms with Crippen LogP contribution < -0.4 is 10.6 Å². The van der Waals surface area contributed by atoms with Gasteiger partial charge in [-0.3, -0.25) is 9.59 Å². The van der Waals surface area contributed by atoms with E-state index in [1.165, 1.54) is 11.3 Å². The Balaban J connectivity index is 1.56. The molecule has 0 saturated heterocycles. The van der Waals surface area contributed by atoms with Crippen LogP contribution in [0.1, 0.15) is 11.3 Å². The van der Waals surface area contributed by atoms with Gasteiger partial charge in [0, 0.05) is 5.38 Å². The number of nitrogens with one attached hydrogen (secondary N) is 2. The van der Waals surface area contributed by atoms with Gasteiger partial charge in [-0.1, -0.05) is 29.8 Å². The van der Waals surface area contributed by atoms with Crippen molar-refractivity contribution < 1.29 is 14.0 Å². The van der Waals surface area contributed by atoms with Crippen LogP contribution in [-0.4, -0.2) is 22.9 Å². The van der Waals surface area contributed by atoms with Crippen LogP contribution in [0.3, 0.4) is 0 Å². The molecule has 0 atom stereocenters. The molecular weight excluding hydrogens is 382 g/mol. The molecule has 2 amide bonds. The Hall–Kier alpha value is -2.71. The van der Waals surface area contributed by atoms with Gasteiger partial charge in [-0.2, -0.15) is 0 Å². The summed E-state index contributed by atoms with van der Waals surface area (Å²) in [7, 11) is 0. The number of rotatable bonds is 7. The summed E-state index contributed by atoms with van der Waals surface area (Å²) >= 11 is 6.76. The topological polar surface area (TPSA) is 76.3 Å². The summed E-state index contributed by atoms with van der Waals surface area (Å²) in [5.74, 6) is 0.0976. The van der Waals surface area contributed by atoms with E-state index in [1.807, 2.05) is 36.6 Å². The van der Waals surface area contributed by atoms with Crippen LogP contribution in [0, 0.1) is 10.9 Å². The van der Waals surface area contributed by atoms with E-state index in [0.29, 0.717) is 9.71 Å². The number of amides is 2. The lowest BCUT2D eigenvalue weighted by molar-refractivity contribution is -0.126. The maximum absolute atomic E-state index is 12.3. The average molecular weight is 402 g/mol. The summed E-state index contributed by atoms with van der Waals surface area (Å²) in [6, 6.07) is 11.6. The molecule has 2 aromatic heterocycles. The van der Waals surface area contributed by atoms with E-state index >= 15 is 0 Å². The second kappa shape index (κ2) is 8.79. The first-order chi connectivity index (χ1) is 13.0. The number of hydrogen-bond acceptors (Lipinski definition) is 5. The molecule has 1 aromatic carbocycles. The zero-order valence-electron chi connectivity index (χ0n) is 14.7. The van der Waals surface area contributed by atoms with Crippen LogP contribution in [0.5, 0.6) is 0 Å². The molecule has 140 valence electrons. The Kier molecular flexibility index (Phi) is 6.20. The van der Waals surface area contributed by atoms with Crippen molar-refractivity contribution in [3.63, 3.8) is 0 Å². The van der Waals surface area contributed by atoms with Crippen LogP contribution in [0.2, 0.25) is 0 Å². The first kappa shape index (κ1) is 19.1. The van der Waals surface area contributed by atoms with Crippen molar-refractivity contribution in [3.8, 4) is 11.3 Å². The van der Waals surface area contributed by atoms with E-state index < -0.39 is 0 Å². The fourth-order valence-electron chi connectivity index (χ4n) is 2.47. The number of carbonyl (C=O) groups excluding carboxylic acids is 2. The summed E-state index contributed by atoms with van der Waals surface area (Å²) in [5, 5.41) is 7.24. The standard InChI is InChI=1S/C19H19N3O3S2/c1-13-4-6-14(7-5-13)16-12-27-19(26)22(16)11-18(24)21-10-17(23)20-9-15-3-2-8-25-15/h2-8,12H,9-11H2,1H3,(H,20,23)(H,21,24). The van der Waals surface area contributed by atoms with Gasteiger partial charge in [0.25, 0.3) is 0 Å². The molecule has 0 unspecified atom stereocenters. The molecule has 2 heterocycles. The third-order valence-corrected chi connectivity index (χ3v) is 5.19. The van der Waals surface area contributed by atoms with E-state index in [1.54, 1.807) is 23.0 Å². The van der Waals surface area contributed by atoms with Crippen molar-refractivity contribution in [2.45, 2.75) is 20.0 Å². The van der Waals surface area contributed by atoms with E-state index in [0.717, 1.165) is 16.8 Å². The van der Waals surface area contributed by atoms with Gasteiger partial charge >= 0.3 is 0 Å². The highest BCUT2D eigenvalue weighted by Gasteiger charge is 2.12. The highest BCUT2D eigenvalue weighted by molar-refractivity contribution is 7.73. The fourth-order valence-corrected chi connectivity index (χ4v) is 3.54. The smallest absolute Gasteiger partial charge is 0.240 e. The Morgan fingerprint density at radius 3 is 2.63 bits per heavy atom. The number of benzene rings is 1. The van der Waals surface area contributed by atoms with Crippen molar-refractivity contribution in [1.29, 1.82) is 0 Å². The Bertz CT molecular complexity index is 973. The van der Waals surface area contributed by atoms with Crippen molar-refractivity contribution in [2.75, 3.05) is 6.54 Å². The number of hydrogen-bond donors (Lipinski definition) is 2. The van der Waals surface area contributed by atoms with Gasteiger partial charge in [0.15, 0.2) is 3.95 Å². The number of furan rings is 1. The first-order valence-electron chi connectivity index (χ1n) is 8.34. The van der Waals surface area contributed by atoms with Crippen LogP contribution >= 0.6 is 23.6 Å². The molecule has 2 N–H and O–H groups in total. The number of aryl methyl sites for hydroxylation is 1. The molecule has 3 rings (SSSR count).